The zero-order valence-electron chi connectivity index (χ0n) is 19.5. The molecule has 0 fully saturated rings. The van der Waals surface area contributed by atoms with E-state index >= 15 is 0 Å². The predicted molar refractivity (Wildman–Crippen MR) is 131 cm³/mol. The third-order valence-electron chi connectivity index (χ3n) is 5.52. The van der Waals surface area contributed by atoms with Crippen molar-refractivity contribution < 1.29 is 19.0 Å². The molecule has 2 aromatic carbocycles. The number of methoxy groups -OCH3 is 2. The highest BCUT2D eigenvalue weighted by molar-refractivity contribution is 7.07. The first-order valence-electron chi connectivity index (χ1n) is 10.9. The van der Waals surface area contributed by atoms with E-state index in [9.17, 15) is 9.59 Å². The van der Waals surface area contributed by atoms with E-state index in [0.717, 1.165) is 23.3 Å². The maximum atomic E-state index is 13.6. The predicted octanol–water partition coefficient (Wildman–Crippen LogP) is 3.21. The van der Waals surface area contributed by atoms with E-state index in [1.165, 1.54) is 18.4 Å². The van der Waals surface area contributed by atoms with Gasteiger partial charge < -0.3 is 14.2 Å². The Kier molecular flexibility index (Phi) is 6.98. The molecular formula is C26H26N2O5S. The Labute approximate surface area is 201 Å². The van der Waals surface area contributed by atoms with E-state index in [2.05, 4.69) is 4.99 Å². The third-order valence-corrected chi connectivity index (χ3v) is 6.50. The molecule has 4 rings (SSSR count). The van der Waals surface area contributed by atoms with Gasteiger partial charge in [0.05, 0.1) is 42.7 Å². The van der Waals surface area contributed by atoms with Gasteiger partial charge >= 0.3 is 5.97 Å². The summed E-state index contributed by atoms with van der Waals surface area (Å²) in [6.07, 6.45) is 2.69. The zero-order chi connectivity index (χ0) is 24.2. The fourth-order valence-corrected chi connectivity index (χ4v) is 4.94. The van der Waals surface area contributed by atoms with Gasteiger partial charge in [0.25, 0.3) is 5.56 Å². The number of hydrogen-bond donors (Lipinski definition) is 0. The van der Waals surface area contributed by atoms with Crippen LogP contribution in [0.1, 0.15) is 37.4 Å². The summed E-state index contributed by atoms with van der Waals surface area (Å²) in [5, 5.41) is 0. The van der Waals surface area contributed by atoms with E-state index in [-0.39, 0.29) is 5.56 Å². The lowest BCUT2D eigenvalue weighted by Gasteiger charge is -2.24. The van der Waals surface area contributed by atoms with Crippen molar-refractivity contribution in [3.05, 3.63) is 90.6 Å². The van der Waals surface area contributed by atoms with Gasteiger partial charge in [-0.3, -0.25) is 9.36 Å². The number of thiazole rings is 1. The lowest BCUT2D eigenvalue weighted by Crippen LogP contribution is -2.39. The highest BCUT2D eigenvalue weighted by Crippen LogP contribution is 2.31. The molecule has 2 heterocycles. The van der Waals surface area contributed by atoms with Crippen LogP contribution in [0.25, 0.3) is 6.08 Å². The maximum Gasteiger partial charge on any atom is 0.338 e. The van der Waals surface area contributed by atoms with Gasteiger partial charge in [-0.25, -0.2) is 9.79 Å². The molecule has 0 saturated carbocycles. The molecule has 3 aromatic rings. The zero-order valence-corrected chi connectivity index (χ0v) is 20.3. The molecule has 0 saturated heterocycles. The number of para-hydroxylation sites is 1. The van der Waals surface area contributed by atoms with E-state index in [0.29, 0.717) is 33.0 Å². The second kappa shape index (κ2) is 10.1. The van der Waals surface area contributed by atoms with Crippen LogP contribution in [0, 0.1) is 0 Å². The summed E-state index contributed by atoms with van der Waals surface area (Å²) < 4.78 is 18.2. The Bertz CT molecular complexity index is 1420. The summed E-state index contributed by atoms with van der Waals surface area (Å²) in [7, 11) is 2.92. The lowest BCUT2D eigenvalue weighted by atomic mass is 9.96. The number of rotatable bonds is 7. The summed E-state index contributed by atoms with van der Waals surface area (Å²) in [4.78, 5) is 31.5. The lowest BCUT2D eigenvalue weighted by molar-refractivity contribution is -0.136. The maximum absolute atomic E-state index is 13.6. The number of carbonyl (C=O) groups is 1. The number of esters is 1. The Morgan fingerprint density at radius 1 is 1.15 bits per heavy atom. The molecule has 0 unspecified atom stereocenters. The van der Waals surface area contributed by atoms with Crippen molar-refractivity contribution in [1.82, 2.24) is 4.57 Å². The van der Waals surface area contributed by atoms with Crippen LogP contribution in [0.5, 0.6) is 11.5 Å². The third kappa shape index (κ3) is 4.41. The summed E-state index contributed by atoms with van der Waals surface area (Å²) in [6.45, 7) is 4.42. The Morgan fingerprint density at radius 3 is 2.56 bits per heavy atom. The quantitative estimate of drug-likeness (QED) is 0.488. The number of carbonyl (C=O) groups excluding carboxylic acids is 1. The van der Waals surface area contributed by atoms with Gasteiger partial charge in [0.15, 0.2) is 4.80 Å². The Hall–Kier alpha value is -3.65. The second-order valence-electron chi connectivity index (χ2n) is 7.73. The number of benzene rings is 2. The van der Waals surface area contributed by atoms with E-state index in [4.69, 9.17) is 14.2 Å². The number of fused-ring (bicyclic) bond motifs is 1. The topological polar surface area (TPSA) is 79.1 Å². The smallest absolute Gasteiger partial charge is 0.338 e. The molecule has 1 aromatic heterocycles. The van der Waals surface area contributed by atoms with Crippen LogP contribution in [0.4, 0.5) is 0 Å². The molecule has 0 radical (unpaired) electrons. The fraction of sp³-hybridized carbons (Fsp3) is 0.269. The fourth-order valence-electron chi connectivity index (χ4n) is 3.90. The van der Waals surface area contributed by atoms with Crippen molar-refractivity contribution >= 4 is 23.4 Å². The Morgan fingerprint density at radius 2 is 1.88 bits per heavy atom. The molecule has 0 amide bonds. The molecule has 0 aliphatic carbocycles. The molecular weight excluding hydrogens is 452 g/mol. The minimum atomic E-state index is -0.663. The molecule has 0 N–H and O–H groups in total. The van der Waals surface area contributed by atoms with Crippen molar-refractivity contribution in [1.29, 1.82) is 0 Å². The van der Waals surface area contributed by atoms with Crippen molar-refractivity contribution in [3.63, 3.8) is 0 Å². The number of aromatic nitrogens is 1. The molecule has 0 bridgehead atoms. The number of hydrogen-bond acceptors (Lipinski definition) is 7. The molecule has 0 spiro atoms. The van der Waals surface area contributed by atoms with Gasteiger partial charge in [-0.2, -0.15) is 0 Å². The van der Waals surface area contributed by atoms with Crippen LogP contribution < -0.4 is 24.4 Å². The van der Waals surface area contributed by atoms with E-state index < -0.39 is 12.0 Å². The standard InChI is InChI=1S/C26H26N2O5S/c1-5-14-33-19-12-10-17(11-13-19)23-22(25(30)32-4)16(2)27-26-28(23)24(29)21(34-26)15-18-8-6-7-9-20(18)31-3/h6-13,15,23H,5,14H2,1-4H3/b21-15-/t23-/m0/s1. The van der Waals surface area contributed by atoms with Crippen LogP contribution in [0.2, 0.25) is 0 Å². The molecule has 34 heavy (non-hydrogen) atoms. The minimum Gasteiger partial charge on any atom is -0.496 e. The summed E-state index contributed by atoms with van der Waals surface area (Å²) >= 11 is 1.28. The van der Waals surface area contributed by atoms with Crippen LogP contribution in [0.3, 0.4) is 0 Å². The molecule has 8 heteroatoms. The summed E-state index contributed by atoms with van der Waals surface area (Å²) in [5.41, 5.74) is 2.17. The first-order valence-corrected chi connectivity index (χ1v) is 11.8. The van der Waals surface area contributed by atoms with Crippen LogP contribution in [-0.4, -0.2) is 31.4 Å². The summed E-state index contributed by atoms with van der Waals surface area (Å²) in [6, 6.07) is 14.3. The highest BCUT2D eigenvalue weighted by atomic mass is 32.1. The number of ether oxygens (including phenoxy) is 3. The van der Waals surface area contributed by atoms with E-state index in [1.54, 1.807) is 24.7 Å². The van der Waals surface area contributed by atoms with Gasteiger partial charge in [-0.15, -0.1) is 0 Å². The molecule has 7 nitrogen and oxygen atoms in total. The molecule has 176 valence electrons. The van der Waals surface area contributed by atoms with Gasteiger partial charge in [-0.1, -0.05) is 48.6 Å². The highest BCUT2D eigenvalue weighted by Gasteiger charge is 2.33. The largest absolute Gasteiger partial charge is 0.496 e. The van der Waals surface area contributed by atoms with Gasteiger partial charge in [-0.05, 0) is 43.2 Å². The van der Waals surface area contributed by atoms with E-state index in [1.807, 2.05) is 55.5 Å². The molecule has 1 aliphatic heterocycles. The van der Waals surface area contributed by atoms with Crippen molar-refractivity contribution in [2.75, 3.05) is 20.8 Å². The first-order chi connectivity index (χ1) is 16.5. The molecule has 1 atom stereocenters. The van der Waals surface area contributed by atoms with Crippen molar-refractivity contribution in [2.45, 2.75) is 26.3 Å². The minimum absolute atomic E-state index is 0.236. The Balaban J connectivity index is 1.90. The van der Waals surface area contributed by atoms with Gasteiger partial charge in [0.2, 0.25) is 0 Å². The monoisotopic (exact) mass is 478 g/mol. The van der Waals surface area contributed by atoms with Crippen LogP contribution in [-0.2, 0) is 9.53 Å². The van der Waals surface area contributed by atoms with Crippen LogP contribution >= 0.6 is 11.3 Å². The van der Waals surface area contributed by atoms with Gasteiger partial charge in [0, 0.05) is 5.56 Å². The average Bonchev–Trinajstić information content (AvgIpc) is 3.16. The summed E-state index contributed by atoms with van der Waals surface area (Å²) in [5.74, 6) is 0.880. The van der Waals surface area contributed by atoms with Crippen LogP contribution in [0.15, 0.2) is 69.6 Å². The number of allylic oxidation sites excluding steroid dienone is 1. The normalized spacial score (nSPS) is 15.5. The number of nitrogens with zero attached hydrogens (tertiary/aromatic N) is 2. The molecule has 1 aliphatic rings. The van der Waals surface area contributed by atoms with Gasteiger partial charge in [0.1, 0.15) is 11.5 Å². The van der Waals surface area contributed by atoms with Crippen molar-refractivity contribution in [2.24, 2.45) is 4.99 Å². The second-order valence-corrected chi connectivity index (χ2v) is 8.74. The first kappa shape index (κ1) is 23.5. The SMILES string of the molecule is CCCOc1ccc([C@H]2C(C(=O)OC)=C(C)N=c3s/c(=C\c4ccccc4OC)c(=O)n32)cc1. The average molecular weight is 479 g/mol. The van der Waals surface area contributed by atoms with Crippen molar-refractivity contribution in [3.8, 4) is 11.5 Å².